The molecule has 6 nitrogen and oxygen atoms in total. The van der Waals surface area contributed by atoms with Gasteiger partial charge in [-0.3, -0.25) is 4.79 Å². The van der Waals surface area contributed by atoms with Gasteiger partial charge in [-0.05, 0) is 33.6 Å². The van der Waals surface area contributed by atoms with Crippen molar-refractivity contribution < 1.29 is 18.7 Å². The van der Waals surface area contributed by atoms with Crippen LogP contribution in [0.15, 0.2) is 11.0 Å². The highest BCUT2D eigenvalue weighted by atomic mass is 19.1. The summed E-state index contributed by atoms with van der Waals surface area (Å²) in [6, 6.07) is 0.0337. The molecule has 150 valence electrons. The summed E-state index contributed by atoms with van der Waals surface area (Å²) in [5, 5.41) is 12.5. The maximum absolute atomic E-state index is 15.7. The number of aromatic carboxylic acids is 1. The van der Waals surface area contributed by atoms with Gasteiger partial charge in [0.05, 0.1) is 10.9 Å². The summed E-state index contributed by atoms with van der Waals surface area (Å²) in [6.07, 6.45) is 2.74. The number of carboxylic acid groups (broad SMARTS) is 1. The minimum absolute atomic E-state index is 0.00485. The van der Waals surface area contributed by atoms with Gasteiger partial charge in [0.15, 0.2) is 11.6 Å². The fourth-order valence-corrected chi connectivity index (χ4v) is 4.28. The molecule has 2 aromatic rings. The van der Waals surface area contributed by atoms with Gasteiger partial charge < -0.3 is 19.9 Å². The number of hydrogen-bond donors (Lipinski definition) is 2. The third-order valence-electron chi connectivity index (χ3n) is 5.61. The number of rotatable bonds is 3. The van der Waals surface area contributed by atoms with Crippen molar-refractivity contribution in [3.05, 3.63) is 39.2 Å². The van der Waals surface area contributed by atoms with Crippen LogP contribution in [0.3, 0.4) is 0 Å². The fourth-order valence-electron chi connectivity index (χ4n) is 4.28. The van der Waals surface area contributed by atoms with Crippen LogP contribution < -0.4 is 15.6 Å². The Morgan fingerprint density at radius 3 is 2.32 bits per heavy atom. The number of anilines is 1. The second kappa shape index (κ2) is 6.55. The van der Waals surface area contributed by atoms with E-state index in [1.54, 1.807) is 4.90 Å². The number of benzene rings is 1. The van der Waals surface area contributed by atoms with Gasteiger partial charge >= 0.3 is 5.97 Å². The smallest absolute Gasteiger partial charge is 0.341 e. The highest BCUT2D eigenvalue weighted by Gasteiger charge is 2.33. The number of fused-ring (bicyclic) bond motifs is 1. The Bertz CT molecular complexity index is 1040. The largest absolute Gasteiger partial charge is 0.477 e. The van der Waals surface area contributed by atoms with Crippen LogP contribution in [-0.2, 0) is 0 Å². The minimum atomic E-state index is -1.39. The first-order chi connectivity index (χ1) is 13.2. The molecule has 1 aromatic carbocycles. The molecule has 1 aromatic heterocycles. The van der Waals surface area contributed by atoms with E-state index in [1.807, 2.05) is 13.8 Å². The van der Waals surface area contributed by atoms with Crippen molar-refractivity contribution in [3.63, 3.8) is 0 Å². The van der Waals surface area contributed by atoms with E-state index in [4.69, 9.17) is 0 Å². The van der Waals surface area contributed by atoms with Gasteiger partial charge in [-0.25, -0.2) is 13.6 Å². The Balaban J connectivity index is 2.05. The van der Waals surface area contributed by atoms with Crippen molar-refractivity contribution in [1.82, 2.24) is 9.88 Å². The zero-order valence-electron chi connectivity index (χ0n) is 16.1. The molecule has 2 atom stereocenters. The van der Waals surface area contributed by atoms with E-state index < -0.39 is 28.6 Å². The van der Waals surface area contributed by atoms with Gasteiger partial charge in [0.2, 0.25) is 5.43 Å². The monoisotopic (exact) mass is 391 g/mol. The Morgan fingerprint density at radius 2 is 1.79 bits per heavy atom. The summed E-state index contributed by atoms with van der Waals surface area (Å²) in [5.74, 6) is -2.98. The molecule has 2 fully saturated rings. The van der Waals surface area contributed by atoms with Gasteiger partial charge in [-0.1, -0.05) is 0 Å². The summed E-state index contributed by atoms with van der Waals surface area (Å²) < 4.78 is 32.5. The van der Waals surface area contributed by atoms with Crippen LogP contribution >= 0.6 is 0 Å². The molecular formula is C20H23F2N3O3. The van der Waals surface area contributed by atoms with Gasteiger partial charge in [-0.15, -0.1) is 0 Å². The van der Waals surface area contributed by atoms with Gasteiger partial charge in [0.1, 0.15) is 11.3 Å². The molecule has 1 saturated carbocycles. The third kappa shape index (κ3) is 2.87. The Hall–Kier alpha value is -2.48. The Morgan fingerprint density at radius 1 is 1.18 bits per heavy atom. The summed E-state index contributed by atoms with van der Waals surface area (Å²) in [6.45, 7) is 6.19. The number of carbonyl (C=O) groups is 1. The molecule has 0 bridgehead atoms. The molecule has 0 amide bonds. The van der Waals surface area contributed by atoms with Gasteiger partial charge in [0.25, 0.3) is 0 Å². The van der Waals surface area contributed by atoms with E-state index >= 15 is 8.78 Å². The lowest BCUT2D eigenvalue weighted by molar-refractivity contribution is 0.0695. The Labute approximate surface area is 160 Å². The average Bonchev–Trinajstić information content (AvgIpc) is 3.43. The number of halogens is 2. The van der Waals surface area contributed by atoms with Crippen LogP contribution in [0.2, 0.25) is 0 Å². The zero-order chi connectivity index (χ0) is 20.3. The topological polar surface area (TPSA) is 74.6 Å². The lowest BCUT2D eigenvalue weighted by Gasteiger charge is -2.38. The molecule has 1 aliphatic heterocycles. The molecule has 2 heterocycles. The number of pyridine rings is 1. The summed E-state index contributed by atoms with van der Waals surface area (Å²) in [4.78, 5) is 25.9. The molecular weight excluding hydrogens is 368 g/mol. The fraction of sp³-hybridized carbons (Fsp3) is 0.500. The van der Waals surface area contributed by atoms with Crippen molar-refractivity contribution in [2.24, 2.45) is 0 Å². The first-order valence-corrected chi connectivity index (χ1v) is 9.51. The van der Waals surface area contributed by atoms with Gasteiger partial charge in [0, 0.05) is 43.0 Å². The number of aryl methyl sites for hydroxylation is 1. The van der Waals surface area contributed by atoms with E-state index in [0.717, 1.165) is 12.8 Å². The number of aromatic nitrogens is 1. The second-order valence-corrected chi connectivity index (χ2v) is 8.01. The summed E-state index contributed by atoms with van der Waals surface area (Å²) in [7, 11) is 0. The number of piperazine rings is 1. The normalized spacial score (nSPS) is 22.7. The van der Waals surface area contributed by atoms with Crippen molar-refractivity contribution >= 4 is 22.6 Å². The molecule has 0 unspecified atom stereocenters. The van der Waals surface area contributed by atoms with E-state index in [-0.39, 0.29) is 40.3 Å². The van der Waals surface area contributed by atoms with Crippen molar-refractivity contribution in [2.75, 3.05) is 18.0 Å². The quantitative estimate of drug-likeness (QED) is 0.842. The van der Waals surface area contributed by atoms with Crippen molar-refractivity contribution in [2.45, 2.75) is 51.7 Å². The number of hydrogen-bond acceptors (Lipinski definition) is 4. The van der Waals surface area contributed by atoms with Crippen LogP contribution in [0.1, 0.15) is 48.7 Å². The van der Waals surface area contributed by atoms with Crippen LogP contribution in [-0.4, -0.2) is 40.8 Å². The minimum Gasteiger partial charge on any atom is -0.477 e. The van der Waals surface area contributed by atoms with E-state index in [1.165, 1.54) is 17.7 Å². The molecule has 0 spiro atoms. The number of nitrogens with zero attached hydrogens (tertiary/aromatic N) is 2. The third-order valence-corrected chi connectivity index (χ3v) is 5.61. The van der Waals surface area contributed by atoms with E-state index in [9.17, 15) is 14.7 Å². The highest BCUT2D eigenvalue weighted by Crippen LogP contribution is 2.41. The second-order valence-electron chi connectivity index (χ2n) is 8.01. The number of carboxylic acids is 1. The SMILES string of the molecule is Cc1c(F)c(N2C[C@@H](C)N[C@@H](C)C2)c(F)c2c1c(=O)c(C(=O)O)cn2C1CC1. The molecule has 4 rings (SSSR count). The lowest BCUT2D eigenvalue weighted by Crippen LogP contribution is -2.54. The van der Waals surface area contributed by atoms with Gasteiger partial charge in [-0.2, -0.15) is 0 Å². The van der Waals surface area contributed by atoms with Crippen LogP contribution in [0.25, 0.3) is 10.9 Å². The molecule has 8 heteroatoms. The van der Waals surface area contributed by atoms with Crippen molar-refractivity contribution in [3.8, 4) is 0 Å². The molecule has 2 aliphatic rings. The van der Waals surface area contributed by atoms with E-state index in [0.29, 0.717) is 13.1 Å². The molecule has 28 heavy (non-hydrogen) atoms. The molecule has 1 aliphatic carbocycles. The molecule has 1 saturated heterocycles. The Kier molecular flexibility index (Phi) is 4.41. The first kappa shape index (κ1) is 18.9. The maximum atomic E-state index is 15.7. The summed E-state index contributed by atoms with van der Waals surface area (Å²) >= 11 is 0. The number of nitrogens with one attached hydrogen (secondary N) is 1. The standard InChI is InChI=1S/C20H23F2N3O3/c1-9-6-24(7-10(2)23-9)18-15(21)11(3)14-17(16(18)22)25(12-4-5-12)8-13(19(14)26)20(27)28/h8-10,12,23H,4-7H2,1-3H3,(H,27,28)/t9-,10+. The predicted molar refractivity (Wildman–Crippen MR) is 102 cm³/mol. The molecule has 2 N–H and O–H groups in total. The lowest BCUT2D eigenvalue weighted by atomic mass is 10.0. The van der Waals surface area contributed by atoms with Crippen LogP contribution in [0, 0.1) is 18.6 Å². The van der Waals surface area contributed by atoms with Crippen LogP contribution in [0.4, 0.5) is 14.5 Å². The summed E-state index contributed by atoms with van der Waals surface area (Å²) in [5.41, 5.74) is -1.44. The maximum Gasteiger partial charge on any atom is 0.341 e. The first-order valence-electron chi connectivity index (χ1n) is 9.51. The highest BCUT2D eigenvalue weighted by molar-refractivity contribution is 5.95. The van der Waals surface area contributed by atoms with E-state index in [2.05, 4.69) is 5.32 Å². The average molecular weight is 391 g/mol. The predicted octanol–water partition coefficient (Wildman–Crippen LogP) is 2.81. The van der Waals surface area contributed by atoms with Crippen molar-refractivity contribution in [1.29, 1.82) is 0 Å². The van der Waals surface area contributed by atoms with Crippen LogP contribution in [0.5, 0.6) is 0 Å². The zero-order valence-corrected chi connectivity index (χ0v) is 16.1. The molecule has 0 radical (unpaired) electrons.